The molecule has 4 heteroatoms. The summed E-state index contributed by atoms with van der Waals surface area (Å²) < 4.78 is 3.04. The topological polar surface area (TPSA) is 17.8 Å². The largest absolute Gasteiger partial charge is 0.318 e. The second kappa shape index (κ2) is 3.80. The molecule has 0 saturated heterocycles. The number of aryl methyl sites for hydroxylation is 1. The van der Waals surface area contributed by atoms with Crippen molar-refractivity contribution in [1.82, 2.24) is 9.55 Å². The van der Waals surface area contributed by atoms with Crippen LogP contribution in [0.1, 0.15) is 0 Å². The SMILES string of the molecule is BrCCn1c(Br)nc2ccccc21. The predicted octanol–water partition coefficient (Wildman–Crippen LogP) is 3.19. The van der Waals surface area contributed by atoms with Gasteiger partial charge in [-0.05, 0) is 28.1 Å². The fraction of sp³-hybridized carbons (Fsp3) is 0.222. The summed E-state index contributed by atoms with van der Waals surface area (Å²) in [5, 5.41) is 0.936. The highest BCUT2D eigenvalue weighted by Gasteiger charge is 2.05. The van der Waals surface area contributed by atoms with Crippen molar-refractivity contribution in [3.63, 3.8) is 0 Å². The van der Waals surface area contributed by atoms with Crippen molar-refractivity contribution in [3.05, 3.63) is 29.0 Å². The molecule has 2 aromatic rings. The van der Waals surface area contributed by atoms with Gasteiger partial charge in [-0.3, -0.25) is 0 Å². The third-order valence-electron chi connectivity index (χ3n) is 1.92. The lowest BCUT2D eigenvalue weighted by molar-refractivity contribution is 0.778. The van der Waals surface area contributed by atoms with Crippen LogP contribution >= 0.6 is 31.9 Å². The highest BCUT2D eigenvalue weighted by atomic mass is 79.9. The Morgan fingerprint density at radius 3 is 2.85 bits per heavy atom. The highest BCUT2D eigenvalue weighted by molar-refractivity contribution is 9.10. The van der Waals surface area contributed by atoms with Gasteiger partial charge in [-0.25, -0.2) is 4.98 Å². The molecule has 0 fully saturated rings. The van der Waals surface area contributed by atoms with Crippen molar-refractivity contribution >= 4 is 42.9 Å². The lowest BCUT2D eigenvalue weighted by Crippen LogP contribution is -1.98. The van der Waals surface area contributed by atoms with E-state index < -0.39 is 0 Å². The number of imidazole rings is 1. The van der Waals surface area contributed by atoms with E-state index in [4.69, 9.17) is 0 Å². The lowest BCUT2D eigenvalue weighted by Gasteiger charge is -2.01. The minimum atomic E-state index is 0.896. The van der Waals surface area contributed by atoms with E-state index in [9.17, 15) is 0 Å². The van der Waals surface area contributed by atoms with Gasteiger partial charge in [0, 0.05) is 11.9 Å². The van der Waals surface area contributed by atoms with Crippen LogP contribution in [0.5, 0.6) is 0 Å². The molecule has 68 valence electrons. The Morgan fingerprint density at radius 2 is 2.08 bits per heavy atom. The zero-order chi connectivity index (χ0) is 9.26. The van der Waals surface area contributed by atoms with E-state index in [-0.39, 0.29) is 0 Å². The first kappa shape index (κ1) is 9.21. The van der Waals surface area contributed by atoms with Crippen molar-refractivity contribution in [2.24, 2.45) is 0 Å². The fourth-order valence-corrected chi connectivity index (χ4v) is 2.26. The molecule has 0 aliphatic heterocycles. The van der Waals surface area contributed by atoms with Crippen LogP contribution in [0.25, 0.3) is 11.0 Å². The number of hydrogen-bond donors (Lipinski definition) is 0. The highest BCUT2D eigenvalue weighted by Crippen LogP contribution is 2.19. The molecule has 0 N–H and O–H groups in total. The first-order valence-corrected chi connectivity index (χ1v) is 5.91. The van der Waals surface area contributed by atoms with Crippen molar-refractivity contribution in [2.75, 3.05) is 5.33 Å². The van der Waals surface area contributed by atoms with E-state index in [2.05, 4.69) is 47.5 Å². The standard InChI is InChI=1S/C9H8Br2N2/c10-5-6-13-8-4-2-1-3-7(8)12-9(13)11/h1-4H,5-6H2. The molecule has 0 bridgehead atoms. The molecule has 0 aliphatic carbocycles. The van der Waals surface area contributed by atoms with Gasteiger partial charge in [0.2, 0.25) is 0 Å². The Labute approximate surface area is 93.2 Å². The summed E-state index contributed by atoms with van der Waals surface area (Å²) in [5.41, 5.74) is 2.21. The molecule has 0 atom stereocenters. The molecular formula is C9H8Br2N2. The summed E-state index contributed by atoms with van der Waals surface area (Å²) in [6, 6.07) is 8.13. The first-order chi connectivity index (χ1) is 6.33. The van der Waals surface area contributed by atoms with E-state index in [1.165, 1.54) is 5.52 Å². The van der Waals surface area contributed by atoms with Gasteiger partial charge in [-0.15, -0.1) is 0 Å². The Hall–Kier alpha value is -0.350. The van der Waals surface area contributed by atoms with Gasteiger partial charge in [0.1, 0.15) is 0 Å². The van der Waals surface area contributed by atoms with E-state index in [1.54, 1.807) is 0 Å². The number of nitrogens with zero attached hydrogens (tertiary/aromatic N) is 2. The minimum absolute atomic E-state index is 0.896. The summed E-state index contributed by atoms with van der Waals surface area (Å²) in [6.07, 6.45) is 0. The van der Waals surface area contributed by atoms with Crippen LogP contribution in [0.4, 0.5) is 0 Å². The molecule has 2 rings (SSSR count). The van der Waals surface area contributed by atoms with Crippen LogP contribution in [0.15, 0.2) is 29.0 Å². The van der Waals surface area contributed by atoms with Gasteiger partial charge in [0.25, 0.3) is 0 Å². The maximum atomic E-state index is 4.39. The molecule has 0 spiro atoms. The molecule has 0 amide bonds. The molecule has 1 aromatic carbocycles. The zero-order valence-corrected chi connectivity index (χ0v) is 10.0. The number of benzene rings is 1. The second-order valence-electron chi connectivity index (χ2n) is 2.71. The molecule has 2 nitrogen and oxygen atoms in total. The van der Waals surface area contributed by atoms with Crippen molar-refractivity contribution in [2.45, 2.75) is 6.54 Å². The van der Waals surface area contributed by atoms with E-state index in [0.717, 1.165) is 22.1 Å². The van der Waals surface area contributed by atoms with Crippen molar-refractivity contribution in [1.29, 1.82) is 0 Å². The summed E-state index contributed by atoms with van der Waals surface area (Å²) in [4.78, 5) is 4.39. The average molecular weight is 304 g/mol. The second-order valence-corrected chi connectivity index (χ2v) is 4.21. The number of hydrogen-bond acceptors (Lipinski definition) is 1. The Morgan fingerprint density at radius 1 is 1.31 bits per heavy atom. The number of fused-ring (bicyclic) bond motifs is 1. The van der Waals surface area contributed by atoms with Gasteiger partial charge in [0.05, 0.1) is 11.0 Å². The van der Waals surface area contributed by atoms with Gasteiger partial charge >= 0.3 is 0 Å². The summed E-state index contributed by atoms with van der Waals surface area (Å²) in [7, 11) is 0. The zero-order valence-electron chi connectivity index (χ0n) is 6.87. The normalized spacial score (nSPS) is 10.9. The number of halogens is 2. The number of alkyl halides is 1. The van der Waals surface area contributed by atoms with Crippen LogP contribution in [0.3, 0.4) is 0 Å². The average Bonchev–Trinajstić information content (AvgIpc) is 2.44. The van der Waals surface area contributed by atoms with Gasteiger partial charge in [-0.2, -0.15) is 0 Å². The third kappa shape index (κ3) is 1.65. The van der Waals surface area contributed by atoms with E-state index in [1.807, 2.05) is 18.2 Å². The predicted molar refractivity (Wildman–Crippen MR) is 61.2 cm³/mol. The molecule has 0 saturated carbocycles. The number of aromatic nitrogens is 2. The molecule has 0 radical (unpaired) electrons. The maximum absolute atomic E-state index is 4.39. The Balaban J connectivity index is 2.64. The summed E-state index contributed by atoms with van der Waals surface area (Å²) in [5.74, 6) is 0. The van der Waals surface area contributed by atoms with Crippen LogP contribution in [0.2, 0.25) is 0 Å². The summed E-state index contributed by atoms with van der Waals surface area (Å²) in [6.45, 7) is 0.932. The Kier molecular flexibility index (Phi) is 2.69. The quantitative estimate of drug-likeness (QED) is 0.779. The minimum Gasteiger partial charge on any atom is -0.318 e. The fourth-order valence-electron chi connectivity index (χ4n) is 1.34. The van der Waals surface area contributed by atoms with Gasteiger partial charge in [0.15, 0.2) is 4.73 Å². The van der Waals surface area contributed by atoms with Gasteiger partial charge in [-0.1, -0.05) is 28.1 Å². The van der Waals surface area contributed by atoms with Crippen LogP contribution in [0, 0.1) is 0 Å². The van der Waals surface area contributed by atoms with Crippen molar-refractivity contribution < 1.29 is 0 Å². The van der Waals surface area contributed by atoms with Crippen LogP contribution < -0.4 is 0 Å². The smallest absolute Gasteiger partial charge is 0.178 e. The van der Waals surface area contributed by atoms with E-state index in [0.29, 0.717) is 0 Å². The Bertz CT molecular complexity index is 422. The van der Waals surface area contributed by atoms with Gasteiger partial charge < -0.3 is 4.57 Å². The van der Waals surface area contributed by atoms with Crippen molar-refractivity contribution in [3.8, 4) is 0 Å². The summed E-state index contributed by atoms with van der Waals surface area (Å²) >= 11 is 6.86. The third-order valence-corrected chi connectivity index (χ3v) is 2.88. The molecule has 0 aliphatic rings. The molecule has 1 aromatic heterocycles. The van der Waals surface area contributed by atoms with Crippen LogP contribution in [-0.2, 0) is 6.54 Å². The maximum Gasteiger partial charge on any atom is 0.178 e. The molecule has 13 heavy (non-hydrogen) atoms. The molecular weight excluding hydrogens is 296 g/mol. The number of rotatable bonds is 2. The van der Waals surface area contributed by atoms with E-state index >= 15 is 0 Å². The molecule has 0 unspecified atom stereocenters. The lowest BCUT2D eigenvalue weighted by atomic mass is 10.3. The monoisotopic (exact) mass is 302 g/mol. The number of para-hydroxylation sites is 2. The first-order valence-electron chi connectivity index (χ1n) is 3.99. The van der Waals surface area contributed by atoms with Crippen LogP contribution in [-0.4, -0.2) is 14.9 Å². The molecule has 1 heterocycles.